The Morgan fingerprint density at radius 3 is 2.20 bits per heavy atom. The molecule has 0 unspecified atom stereocenters. The molecule has 0 aliphatic carbocycles. The summed E-state index contributed by atoms with van der Waals surface area (Å²) in [6.45, 7) is 4.26. The van der Waals surface area contributed by atoms with Crippen molar-refractivity contribution >= 4 is 33.1 Å². The van der Waals surface area contributed by atoms with Gasteiger partial charge in [0.15, 0.2) is 16.3 Å². The molecule has 52 valence electrons. The summed E-state index contributed by atoms with van der Waals surface area (Å²) in [4.78, 5) is 0. The van der Waals surface area contributed by atoms with Crippen LogP contribution in [0.15, 0.2) is 18.2 Å². The van der Waals surface area contributed by atoms with E-state index in [4.69, 9.17) is 0 Å². The lowest BCUT2D eigenvalue weighted by Gasteiger charge is -2.02. The molecule has 0 atom stereocenters. The van der Waals surface area contributed by atoms with Gasteiger partial charge < -0.3 is 0 Å². The van der Waals surface area contributed by atoms with Crippen LogP contribution in [0.3, 0.4) is 0 Å². The van der Waals surface area contributed by atoms with E-state index < -0.39 is 0 Å². The minimum Gasteiger partial charge on any atom is -0.147 e. The number of benzene rings is 1. The molecule has 0 heterocycles. The third kappa shape index (κ3) is 2.02. The molecular weight excluding hydrogens is 159 g/mol. The van der Waals surface area contributed by atoms with Crippen molar-refractivity contribution in [3.63, 3.8) is 0 Å². The first-order valence-corrected chi connectivity index (χ1v) is 3.61. The summed E-state index contributed by atoms with van der Waals surface area (Å²) in [7, 11) is 0. The molecule has 10 heavy (non-hydrogen) atoms. The van der Waals surface area contributed by atoms with E-state index in [1.54, 1.807) is 0 Å². The van der Waals surface area contributed by atoms with Crippen molar-refractivity contribution in [3.05, 3.63) is 29.3 Å². The SMILES string of the molecule is Cc1ccc[c]([Al])c1C.Cl. The maximum atomic E-state index is 2.72. The molecule has 0 nitrogen and oxygen atoms in total. The molecule has 2 radical (unpaired) electrons. The Morgan fingerprint density at radius 2 is 1.80 bits per heavy atom. The fourth-order valence-electron chi connectivity index (χ4n) is 0.774. The van der Waals surface area contributed by atoms with Gasteiger partial charge in [0.25, 0.3) is 0 Å². The predicted molar refractivity (Wildman–Crippen MR) is 48.6 cm³/mol. The molecule has 0 aliphatic rings. The smallest absolute Gasteiger partial charge is 0.147 e. The molecule has 1 aromatic carbocycles. The summed E-state index contributed by atoms with van der Waals surface area (Å²) < 4.78 is 1.30. The highest BCUT2D eigenvalue weighted by Gasteiger charge is 1.90. The van der Waals surface area contributed by atoms with E-state index >= 15 is 0 Å². The second kappa shape index (κ2) is 4.03. The van der Waals surface area contributed by atoms with Gasteiger partial charge in [0, 0.05) is 0 Å². The first-order chi connectivity index (χ1) is 4.22. The maximum absolute atomic E-state index is 2.72. The molecule has 0 aliphatic heterocycles. The van der Waals surface area contributed by atoms with E-state index in [9.17, 15) is 0 Å². The van der Waals surface area contributed by atoms with Gasteiger partial charge in [0.05, 0.1) is 0 Å². The van der Waals surface area contributed by atoms with E-state index in [1.165, 1.54) is 15.6 Å². The van der Waals surface area contributed by atoms with Gasteiger partial charge in [-0.25, -0.2) is 0 Å². The molecule has 1 rings (SSSR count). The summed E-state index contributed by atoms with van der Waals surface area (Å²) in [6.07, 6.45) is 0. The van der Waals surface area contributed by atoms with Gasteiger partial charge in [0.1, 0.15) is 0 Å². The Kier molecular flexibility index (Phi) is 4.05. The Bertz CT molecular complexity index is 200. The van der Waals surface area contributed by atoms with Crippen molar-refractivity contribution in [3.8, 4) is 0 Å². The summed E-state index contributed by atoms with van der Waals surface area (Å²) in [5, 5.41) is 0. The average molecular weight is 169 g/mol. The van der Waals surface area contributed by atoms with Crippen molar-refractivity contribution in [2.45, 2.75) is 13.8 Å². The quantitative estimate of drug-likeness (QED) is 0.516. The average Bonchev–Trinajstić information content (AvgIpc) is 1.83. The van der Waals surface area contributed by atoms with Crippen LogP contribution >= 0.6 is 12.4 Å². The highest BCUT2D eigenvalue weighted by atomic mass is 35.5. The molecule has 0 fully saturated rings. The summed E-state index contributed by atoms with van der Waals surface area (Å²) >= 11 is 2.72. The predicted octanol–water partition coefficient (Wildman–Crippen LogP) is 1.52. The maximum Gasteiger partial charge on any atom is 0.176 e. The van der Waals surface area contributed by atoms with Crippen LogP contribution in [-0.4, -0.2) is 16.3 Å². The van der Waals surface area contributed by atoms with Crippen molar-refractivity contribution in [1.82, 2.24) is 0 Å². The molecular formula is C8H10AlCl. The van der Waals surface area contributed by atoms with Crippen molar-refractivity contribution in [2.75, 3.05) is 0 Å². The molecule has 0 saturated carbocycles. The van der Waals surface area contributed by atoms with E-state index in [1.807, 2.05) is 0 Å². The number of rotatable bonds is 0. The van der Waals surface area contributed by atoms with Crippen LogP contribution in [-0.2, 0) is 0 Å². The Balaban J connectivity index is 0.000000810. The Morgan fingerprint density at radius 1 is 1.20 bits per heavy atom. The van der Waals surface area contributed by atoms with Gasteiger partial charge >= 0.3 is 0 Å². The topological polar surface area (TPSA) is 0 Å². The zero-order valence-corrected chi connectivity index (χ0v) is 8.19. The second-order valence-electron chi connectivity index (χ2n) is 2.29. The zero-order valence-electron chi connectivity index (χ0n) is 6.22. The summed E-state index contributed by atoms with van der Waals surface area (Å²) in [5.41, 5.74) is 2.74. The normalized spacial score (nSPS) is 8.60. The number of halogens is 1. The van der Waals surface area contributed by atoms with Crippen LogP contribution in [0.5, 0.6) is 0 Å². The van der Waals surface area contributed by atoms with E-state index in [0.717, 1.165) is 0 Å². The van der Waals surface area contributed by atoms with Crippen LogP contribution < -0.4 is 4.43 Å². The van der Waals surface area contributed by atoms with Crippen LogP contribution in [0, 0.1) is 13.8 Å². The molecule has 2 heteroatoms. The third-order valence-electron chi connectivity index (χ3n) is 1.65. The second-order valence-corrected chi connectivity index (χ2v) is 2.91. The van der Waals surface area contributed by atoms with Crippen molar-refractivity contribution in [1.29, 1.82) is 0 Å². The third-order valence-corrected chi connectivity index (χ3v) is 2.27. The molecule has 0 amide bonds. The molecule has 0 aromatic heterocycles. The van der Waals surface area contributed by atoms with Gasteiger partial charge in [-0.2, -0.15) is 0 Å². The van der Waals surface area contributed by atoms with Crippen molar-refractivity contribution < 1.29 is 0 Å². The van der Waals surface area contributed by atoms with Gasteiger partial charge in [-0.15, -0.1) is 16.8 Å². The van der Waals surface area contributed by atoms with Gasteiger partial charge in [-0.05, 0) is 19.4 Å². The van der Waals surface area contributed by atoms with Crippen LogP contribution in [0.4, 0.5) is 0 Å². The molecule has 0 saturated heterocycles. The standard InChI is InChI=1S/C8H9.Al.ClH/c1-7-5-3-4-6-8(7)2;;/h3-5H,1-2H3;;1H. The highest BCUT2D eigenvalue weighted by Crippen LogP contribution is 1.99. The summed E-state index contributed by atoms with van der Waals surface area (Å²) in [6, 6.07) is 6.31. The first kappa shape index (κ1) is 10.0. The molecule has 1 aromatic rings. The monoisotopic (exact) mass is 168 g/mol. The molecule has 0 N–H and O–H groups in total. The lowest BCUT2D eigenvalue weighted by Crippen LogP contribution is -2.07. The fourth-order valence-corrected chi connectivity index (χ4v) is 1.11. The Hall–Kier alpha value is 0.0425. The number of hydrogen-bond donors (Lipinski definition) is 0. The first-order valence-electron chi connectivity index (χ1n) is 3.03. The molecule has 0 spiro atoms. The fraction of sp³-hybridized carbons (Fsp3) is 0.250. The minimum atomic E-state index is 0. The van der Waals surface area contributed by atoms with Crippen molar-refractivity contribution in [2.24, 2.45) is 0 Å². The largest absolute Gasteiger partial charge is 0.176 e. The van der Waals surface area contributed by atoms with Crippen LogP contribution in [0.2, 0.25) is 0 Å². The van der Waals surface area contributed by atoms with E-state index in [-0.39, 0.29) is 12.4 Å². The lowest BCUT2D eigenvalue weighted by atomic mass is 10.1. The van der Waals surface area contributed by atoms with Gasteiger partial charge in [0.2, 0.25) is 0 Å². The van der Waals surface area contributed by atoms with E-state index in [2.05, 4.69) is 48.3 Å². The van der Waals surface area contributed by atoms with Gasteiger partial charge in [-0.3, -0.25) is 0 Å². The number of hydrogen-bond acceptors (Lipinski definition) is 0. The van der Waals surface area contributed by atoms with Crippen LogP contribution in [0.25, 0.3) is 0 Å². The summed E-state index contributed by atoms with van der Waals surface area (Å²) in [5.74, 6) is 0. The Labute approximate surface area is 76.5 Å². The van der Waals surface area contributed by atoms with Gasteiger partial charge in [-0.1, -0.05) is 23.8 Å². The van der Waals surface area contributed by atoms with E-state index in [0.29, 0.717) is 0 Å². The minimum absolute atomic E-state index is 0. The number of aryl methyl sites for hydroxylation is 1. The highest BCUT2D eigenvalue weighted by molar-refractivity contribution is 6.33. The zero-order chi connectivity index (χ0) is 6.85. The van der Waals surface area contributed by atoms with Crippen LogP contribution in [0.1, 0.15) is 11.1 Å². The lowest BCUT2D eigenvalue weighted by molar-refractivity contribution is 1.37. The molecule has 0 bridgehead atoms.